The summed E-state index contributed by atoms with van der Waals surface area (Å²) in [4.78, 5) is 0. The van der Waals surface area contributed by atoms with Gasteiger partial charge in [0.2, 0.25) is 0 Å². The molecule has 0 radical (unpaired) electrons. The Morgan fingerprint density at radius 3 is 2.72 bits per heavy atom. The Morgan fingerprint density at radius 2 is 1.89 bits per heavy atom. The molecule has 0 heterocycles. The van der Waals surface area contributed by atoms with Crippen LogP contribution in [-0.4, -0.2) is 6.04 Å². The number of rotatable bonds is 3. The Morgan fingerprint density at radius 1 is 1.00 bits per heavy atom. The first kappa shape index (κ1) is 11.5. The van der Waals surface area contributed by atoms with E-state index < -0.39 is 0 Å². The third-order valence-electron chi connectivity index (χ3n) is 3.68. The molecule has 1 aliphatic carbocycles. The Bertz CT molecular complexity index is 556. The Balaban J connectivity index is 1.69. The fourth-order valence-corrected chi connectivity index (χ4v) is 2.59. The van der Waals surface area contributed by atoms with E-state index in [1.165, 1.54) is 35.6 Å². The number of allylic oxidation sites excluding steroid dienone is 1. The van der Waals surface area contributed by atoms with Crippen LogP contribution in [0.4, 0.5) is 0 Å². The van der Waals surface area contributed by atoms with Gasteiger partial charge in [-0.3, -0.25) is 0 Å². The summed E-state index contributed by atoms with van der Waals surface area (Å²) in [5.74, 6) is 0. The van der Waals surface area contributed by atoms with Crippen molar-refractivity contribution >= 4 is 10.8 Å². The van der Waals surface area contributed by atoms with E-state index in [1.54, 1.807) is 0 Å². The predicted octanol–water partition coefficient (Wildman–Crippen LogP) is 4.04. The smallest absolute Gasteiger partial charge is 0.0208 e. The lowest BCUT2D eigenvalue weighted by Crippen LogP contribution is -2.29. The topological polar surface area (TPSA) is 12.0 Å². The highest BCUT2D eigenvalue weighted by Crippen LogP contribution is 2.16. The molecule has 2 aromatic rings. The Hall–Kier alpha value is -1.60. The van der Waals surface area contributed by atoms with E-state index in [0.29, 0.717) is 6.04 Å². The van der Waals surface area contributed by atoms with Crippen molar-refractivity contribution in [3.63, 3.8) is 0 Å². The van der Waals surface area contributed by atoms with Crippen LogP contribution in [0.2, 0.25) is 0 Å². The van der Waals surface area contributed by atoms with E-state index in [2.05, 4.69) is 59.9 Å². The highest BCUT2D eigenvalue weighted by atomic mass is 14.9. The van der Waals surface area contributed by atoms with Gasteiger partial charge in [0.05, 0.1) is 0 Å². The second-order valence-corrected chi connectivity index (χ2v) is 5.04. The van der Waals surface area contributed by atoms with E-state index in [-0.39, 0.29) is 0 Å². The minimum absolute atomic E-state index is 0.654. The van der Waals surface area contributed by atoms with Gasteiger partial charge in [-0.1, -0.05) is 48.6 Å². The second-order valence-electron chi connectivity index (χ2n) is 5.04. The van der Waals surface area contributed by atoms with Crippen molar-refractivity contribution in [1.29, 1.82) is 0 Å². The lowest BCUT2D eigenvalue weighted by molar-refractivity contribution is 0.474. The first-order valence-electron chi connectivity index (χ1n) is 6.78. The predicted molar refractivity (Wildman–Crippen MR) is 77.6 cm³/mol. The summed E-state index contributed by atoms with van der Waals surface area (Å²) in [5.41, 5.74) is 1.38. The normalized spacial score (nSPS) is 19.2. The molecule has 3 rings (SSSR count). The lowest BCUT2D eigenvalue weighted by Gasteiger charge is -2.19. The maximum Gasteiger partial charge on any atom is 0.0208 e. The van der Waals surface area contributed by atoms with Crippen molar-refractivity contribution in [3.8, 4) is 0 Å². The van der Waals surface area contributed by atoms with Crippen LogP contribution in [0.3, 0.4) is 0 Å². The molecule has 92 valence electrons. The van der Waals surface area contributed by atoms with Gasteiger partial charge in [-0.25, -0.2) is 0 Å². The average Bonchev–Trinajstić information content (AvgIpc) is 2.46. The first-order chi connectivity index (χ1) is 8.92. The molecule has 1 nitrogen and oxygen atoms in total. The SMILES string of the molecule is C1=CCC(NCc2ccc3ccccc3c2)CC1. The quantitative estimate of drug-likeness (QED) is 0.794. The molecule has 0 saturated carbocycles. The van der Waals surface area contributed by atoms with E-state index in [1.807, 2.05) is 0 Å². The Labute approximate surface area is 109 Å². The van der Waals surface area contributed by atoms with Crippen LogP contribution in [0, 0.1) is 0 Å². The molecule has 0 aliphatic heterocycles. The zero-order valence-electron chi connectivity index (χ0n) is 10.6. The summed E-state index contributed by atoms with van der Waals surface area (Å²) in [6.45, 7) is 0.976. The summed E-state index contributed by atoms with van der Waals surface area (Å²) >= 11 is 0. The van der Waals surface area contributed by atoms with Crippen LogP contribution in [-0.2, 0) is 6.54 Å². The summed E-state index contributed by atoms with van der Waals surface area (Å²) in [5, 5.41) is 6.31. The molecule has 18 heavy (non-hydrogen) atoms. The number of hydrogen-bond acceptors (Lipinski definition) is 1. The summed E-state index contributed by atoms with van der Waals surface area (Å²) in [6, 6.07) is 15.9. The third kappa shape index (κ3) is 2.62. The van der Waals surface area contributed by atoms with Crippen molar-refractivity contribution in [1.82, 2.24) is 5.32 Å². The van der Waals surface area contributed by atoms with Gasteiger partial charge < -0.3 is 5.32 Å². The highest BCUT2D eigenvalue weighted by Gasteiger charge is 2.08. The maximum atomic E-state index is 3.65. The molecule has 0 amide bonds. The van der Waals surface area contributed by atoms with Gasteiger partial charge in [-0.05, 0) is 41.7 Å². The molecule has 1 N–H and O–H groups in total. The van der Waals surface area contributed by atoms with Crippen LogP contribution in [0.15, 0.2) is 54.6 Å². The standard InChI is InChI=1S/C17H19N/c1-2-8-17(9-3-1)18-13-14-10-11-15-6-4-5-7-16(15)12-14/h1-2,4-7,10-12,17-18H,3,8-9,13H2. The monoisotopic (exact) mass is 237 g/mol. The minimum atomic E-state index is 0.654. The minimum Gasteiger partial charge on any atom is -0.310 e. The molecule has 2 aromatic carbocycles. The highest BCUT2D eigenvalue weighted by molar-refractivity contribution is 5.82. The van der Waals surface area contributed by atoms with Crippen molar-refractivity contribution in [2.75, 3.05) is 0 Å². The lowest BCUT2D eigenvalue weighted by atomic mass is 10.0. The van der Waals surface area contributed by atoms with Crippen molar-refractivity contribution < 1.29 is 0 Å². The molecule has 1 aliphatic rings. The molecule has 0 fully saturated rings. The Kier molecular flexibility index (Phi) is 3.42. The molecule has 1 heteroatoms. The van der Waals surface area contributed by atoms with Gasteiger partial charge in [0.15, 0.2) is 0 Å². The molecule has 0 spiro atoms. The average molecular weight is 237 g/mol. The van der Waals surface area contributed by atoms with Crippen LogP contribution in [0.1, 0.15) is 24.8 Å². The van der Waals surface area contributed by atoms with Gasteiger partial charge in [0.1, 0.15) is 0 Å². The molecule has 1 atom stereocenters. The third-order valence-corrected chi connectivity index (χ3v) is 3.68. The van der Waals surface area contributed by atoms with Gasteiger partial charge in [0.25, 0.3) is 0 Å². The number of hydrogen-bond donors (Lipinski definition) is 1. The zero-order chi connectivity index (χ0) is 12.2. The van der Waals surface area contributed by atoms with Crippen LogP contribution < -0.4 is 5.32 Å². The van der Waals surface area contributed by atoms with Crippen molar-refractivity contribution in [2.24, 2.45) is 0 Å². The van der Waals surface area contributed by atoms with E-state index >= 15 is 0 Å². The van der Waals surface area contributed by atoms with Gasteiger partial charge in [0, 0.05) is 12.6 Å². The van der Waals surface area contributed by atoms with E-state index in [0.717, 1.165) is 6.54 Å². The number of fused-ring (bicyclic) bond motifs is 1. The fourth-order valence-electron chi connectivity index (χ4n) is 2.59. The fraction of sp³-hybridized carbons (Fsp3) is 0.294. The van der Waals surface area contributed by atoms with Crippen LogP contribution >= 0.6 is 0 Å². The summed E-state index contributed by atoms with van der Waals surface area (Å²) in [6.07, 6.45) is 8.24. The number of nitrogens with one attached hydrogen (secondary N) is 1. The van der Waals surface area contributed by atoms with Crippen molar-refractivity contribution in [3.05, 3.63) is 60.2 Å². The maximum absolute atomic E-state index is 3.65. The van der Waals surface area contributed by atoms with E-state index in [9.17, 15) is 0 Å². The number of benzene rings is 2. The van der Waals surface area contributed by atoms with Crippen LogP contribution in [0.5, 0.6) is 0 Å². The van der Waals surface area contributed by atoms with Crippen LogP contribution in [0.25, 0.3) is 10.8 Å². The first-order valence-corrected chi connectivity index (χ1v) is 6.78. The molecule has 0 saturated heterocycles. The second kappa shape index (κ2) is 5.36. The molecule has 0 bridgehead atoms. The molecular weight excluding hydrogens is 218 g/mol. The zero-order valence-corrected chi connectivity index (χ0v) is 10.6. The molecule has 1 unspecified atom stereocenters. The van der Waals surface area contributed by atoms with Gasteiger partial charge >= 0.3 is 0 Å². The van der Waals surface area contributed by atoms with E-state index in [4.69, 9.17) is 0 Å². The largest absolute Gasteiger partial charge is 0.310 e. The molecular formula is C17H19N. The van der Waals surface area contributed by atoms with Crippen molar-refractivity contribution in [2.45, 2.75) is 31.8 Å². The summed E-state index contributed by atoms with van der Waals surface area (Å²) < 4.78 is 0. The van der Waals surface area contributed by atoms with Gasteiger partial charge in [-0.15, -0.1) is 0 Å². The summed E-state index contributed by atoms with van der Waals surface area (Å²) in [7, 11) is 0. The molecule has 0 aromatic heterocycles. The van der Waals surface area contributed by atoms with Gasteiger partial charge in [-0.2, -0.15) is 0 Å².